The second-order valence-electron chi connectivity index (χ2n) is 14.4. The lowest BCUT2D eigenvalue weighted by Gasteiger charge is -2.31. The number of hydrogen-bond acceptors (Lipinski definition) is 0. The van der Waals surface area contributed by atoms with Crippen molar-refractivity contribution in [2.24, 2.45) is 11.8 Å². The van der Waals surface area contributed by atoms with Crippen molar-refractivity contribution >= 4 is 49.5 Å². The molecule has 5 aliphatic rings. The van der Waals surface area contributed by atoms with E-state index in [0.29, 0.717) is 5.92 Å². The van der Waals surface area contributed by atoms with E-state index >= 15 is 0 Å². The summed E-state index contributed by atoms with van der Waals surface area (Å²) < 4.78 is 0. The van der Waals surface area contributed by atoms with Gasteiger partial charge in [0, 0.05) is 11.8 Å². The summed E-state index contributed by atoms with van der Waals surface area (Å²) in [5.74, 6) is 0.705. The van der Waals surface area contributed by atoms with Crippen LogP contribution < -0.4 is 10.4 Å². The van der Waals surface area contributed by atoms with Crippen molar-refractivity contribution in [3.05, 3.63) is 209 Å². The third-order valence-electron chi connectivity index (χ3n) is 11.6. The van der Waals surface area contributed by atoms with Gasteiger partial charge in [0.05, 0.1) is 0 Å². The molecule has 0 amide bonds. The van der Waals surface area contributed by atoms with E-state index in [2.05, 4.69) is 182 Å². The van der Waals surface area contributed by atoms with E-state index in [1.54, 1.807) is 0 Å². The average molecular weight is 647 g/mol. The molecule has 0 aromatic heterocycles. The van der Waals surface area contributed by atoms with Crippen molar-refractivity contribution < 1.29 is 0 Å². The molecule has 0 saturated carbocycles. The molecule has 5 aliphatic carbocycles. The highest BCUT2D eigenvalue weighted by Gasteiger charge is 2.30. The second kappa shape index (κ2) is 11.1. The molecule has 6 aromatic rings. The Balaban J connectivity index is 1.30. The molecule has 0 nitrogen and oxygen atoms in total. The van der Waals surface area contributed by atoms with Gasteiger partial charge in [0.2, 0.25) is 0 Å². The first kappa shape index (κ1) is 28.6. The van der Waals surface area contributed by atoms with Gasteiger partial charge in [-0.2, -0.15) is 0 Å². The van der Waals surface area contributed by atoms with Crippen molar-refractivity contribution in [2.45, 2.75) is 6.42 Å². The van der Waals surface area contributed by atoms with Crippen molar-refractivity contribution in [1.29, 1.82) is 0 Å². The molecule has 2 atom stereocenters. The Kier molecular flexibility index (Phi) is 6.24. The Morgan fingerprint density at radius 3 is 1.98 bits per heavy atom. The quantitative estimate of drug-likeness (QED) is 0.179. The van der Waals surface area contributed by atoms with Crippen LogP contribution in [0.2, 0.25) is 0 Å². The number of fused-ring (bicyclic) bond motifs is 5. The Bertz CT molecular complexity index is 2920. The van der Waals surface area contributed by atoms with Gasteiger partial charge in [-0.05, 0) is 129 Å². The van der Waals surface area contributed by atoms with Gasteiger partial charge in [0.15, 0.2) is 0 Å². The van der Waals surface area contributed by atoms with Crippen LogP contribution in [0.4, 0.5) is 0 Å². The number of hydrogen-bond donors (Lipinski definition) is 0. The molecule has 238 valence electrons. The maximum atomic E-state index is 2.51. The van der Waals surface area contributed by atoms with E-state index in [4.69, 9.17) is 0 Å². The summed E-state index contributed by atoms with van der Waals surface area (Å²) in [6, 6.07) is 38.8. The summed E-state index contributed by atoms with van der Waals surface area (Å²) in [7, 11) is 0. The molecule has 2 unspecified atom stereocenters. The zero-order chi connectivity index (χ0) is 33.5. The standard InChI is InChI=1S/C51H34/c1-4-12-36-27-39(22-19-32(36)9-1)40-25-26-44-46(30-40)49(42-23-20-33-10-2-5-13-37(33)28-42)47-31-41-17-7-15-35-16-8-18-45(48(35)41)51(47)50(44)43-24-21-34-11-3-6-14-38(34)29-43/h1-18,20-32,48H,19H2. The molecule has 0 bridgehead atoms. The molecule has 0 radical (unpaired) electrons. The molecule has 0 aliphatic heterocycles. The van der Waals surface area contributed by atoms with Crippen LogP contribution >= 0.6 is 0 Å². The topological polar surface area (TPSA) is 0 Å². The Morgan fingerprint density at radius 2 is 1.18 bits per heavy atom. The molecular formula is C51H34. The molecule has 11 rings (SSSR count). The van der Waals surface area contributed by atoms with Gasteiger partial charge in [-0.3, -0.25) is 0 Å². The molecule has 0 spiro atoms. The van der Waals surface area contributed by atoms with Crippen LogP contribution in [0, 0.1) is 11.8 Å². The van der Waals surface area contributed by atoms with Gasteiger partial charge in [-0.25, -0.2) is 0 Å². The fraction of sp³-hybridized carbons (Fsp3) is 0.0588. The van der Waals surface area contributed by atoms with Crippen molar-refractivity contribution in [3.63, 3.8) is 0 Å². The fourth-order valence-electron chi connectivity index (χ4n) is 9.15. The SMILES string of the molecule is C1=CC2=CC(c3ccc4c(-c5ccc6ccccc6c5)c5c(c(-c6ccc7ccccc7c6)c4c3)=CC3=CC=CC4=CC=CC=5C43)=CCC2C=C1. The molecule has 0 heterocycles. The lowest BCUT2D eigenvalue weighted by molar-refractivity contribution is 0.783. The zero-order valence-corrected chi connectivity index (χ0v) is 28.2. The number of rotatable bonds is 3. The summed E-state index contributed by atoms with van der Waals surface area (Å²) in [6.45, 7) is 0. The summed E-state index contributed by atoms with van der Waals surface area (Å²) in [4.78, 5) is 0. The molecule has 0 N–H and O–H groups in total. The summed E-state index contributed by atoms with van der Waals surface area (Å²) in [5, 5.41) is 10.3. The highest BCUT2D eigenvalue weighted by atomic mass is 14.3. The monoisotopic (exact) mass is 646 g/mol. The summed E-state index contributed by atoms with van der Waals surface area (Å²) in [6.07, 6.45) is 31.1. The molecular weight excluding hydrogens is 613 g/mol. The van der Waals surface area contributed by atoms with Crippen LogP contribution in [0.3, 0.4) is 0 Å². The van der Waals surface area contributed by atoms with Crippen LogP contribution in [-0.2, 0) is 0 Å². The first-order valence-corrected chi connectivity index (χ1v) is 18.1. The van der Waals surface area contributed by atoms with E-state index in [0.717, 1.165) is 6.42 Å². The van der Waals surface area contributed by atoms with Gasteiger partial charge in [0.25, 0.3) is 0 Å². The zero-order valence-electron chi connectivity index (χ0n) is 28.2. The van der Waals surface area contributed by atoms with Crippen LogP contribution in [0.5, 0.6) is 0 Å². The third-order valence-corrected chi connectivity index (χ3v) is 11.6. The summed E-state index contributed by atoms with van der Waals surface area (Å²) in [5.41, 5.74) is 13.2. The fourth-order valence-corrected chi connectivity index (χ4v) is 9.15. The molecule has 0 saturated heterocycles. The van der Waals surface area contributed by atoms with Crippen molar-refractivity contribution in [2.75, 3.05) is 0 Å². The van der Waals surface area contributed by atoms with E-state index in [9.17, 15) is 0 Å². The van der Waals surface area contributed by atoms with E-state index in [1.807, 2.05) is 0 Å². The maximum Gasteiger partial charge on any atom is 0.0346 e. The predicted molar refractivity (Wildman–Crippen MR) is 217 cm³/mol. The smallest absolute Gasteiger partial charge is 0.0346 e. The Hall–Kier alpha value is -6.24. The minimum absolute atomic E-state index is 0.234. The van der Waals surface area contributed by atoms with Gasteiger partial charge >= 0.3 is 0 Å². The summed E-state index contributed by atoms with van der Waals surface area (Å²) >= 11 is 0. The Labute approximate surface area is 297 Å². The van der Waals surface area contributed by atoms with Crippen LogP contribution in [-0.4, -0.2) is 0 Å². The minimum atomic E-state index is 0.234. The van der Waals surface area contributed by atoms with Crippen LogP contribution in [0.25, 0.3) is 71.8 Å². The highest BCUT2D eigenvalue weighted by molar-refractivity contribution is 6.10. The lowest BCUT2D eigenvalue weighted by Crippen LogP contribution is -2.38. The molecule has 0 heteroatoms. The third kappa shape index (κ3) is 4.46. The van der Waals surface area contributed by atoms with Gasteiger partial charge in [0.1, 0.15) is 0 Å². The molecule has 6 aromatic carbocycles. The number of benzene rings is 6. The van der Waals surface area contributed by atoms with Crippen molar-refractivity contribution in [1.82, 2.24) is 0 Å². The first-order valence-electron chi connectivity index (χ1n) is 18.1. The molecule has 51 heavy (non-hydrogen) atoms. The van der Waals surface area contributed by atoms with Gasteiger partial charge < -0.3 is 0 Å². The van der Waals surface area contributed by atoms with Crippen LogP contribution in [0.15, 0.2) is 193 Å². The van der Waals surface area contributed by atoms with Gasteiger partial charge in [-0.1, -0.05) is 158 Å². The first-order chi connectivity index (χ1) is 25.3. The largest absolute Gasteiger partial charge is 0.0767 e. The highest BCUT2D eigenvalue weighted by Crippen LogP contribution is 2.42. The van der Waals surface area contributed by atoms with Crippen molar-refractivity contribution in [3.8, 4) is 22.3 Å². The van der Waals surface area contributed by atoms with E-state index in [1.165, 1.54) is 98.4 Å². The van der Waals surface area contributed by atoms with Crippen LogP contribution in [0.1, 0.15) is 12.0 Å². The number of allylic oxidation sites excluding steroid dienone is 16. The normalized spacial score (nSPS) is 19.6. The van der Waals surface area contributed by atoms with Gasteiger partial charge in [-0.15, -0.1) is 0 Å². The van der Waals surface area contributed by atoms with E-state index < -0.39 is 0 Å². The Morgan fingerprint density at radius 1 is 0.490 bits per heavy atom. The molecule has 0 fully saturated rings. The lowest BCUT2D eigenvalue weighted by atomic mass is 9.72. The average Bonchev–Trinajstić information content (AvgIpc) is 3.19. The maximum absolute atomic E-state index is 2.51. The van der Waals surface area contributed by atoms with E-state index in [-0.39, 0.29) is 5.92 Å². The minimum Gasteiger partial charge on any atom is -0.0767 e. The second-order valence-corrected chi connectivity index (χ2v) is 14.4. The predicted octanol–water partition coefficient (Wildman–Crippen LogP) is 11.5.